The molecule has 2 unspecified atom stereocenters. The Kier molecular flexibility index (Phi) is 7.89. The van der Waals surface area contributed by atoms with Gasteiger partial charge in [-0.1, -0.05) is 36.4 Å². The molecule has 2 aromatic carbocycles. The average Bonchev–Trinajstić information content (AvgIpc) is 3.43. The number of halogens is 3. The molecule has 3 aromatic rings. The minimum Gasteiger partial charge on any atom is -0.376 e. The van der Waals surface area contributed by atoms with Crippen LogP contribution in [0.1, 0.15) is 19.4 Å². The van der Waals surface area contributed by atoms with Gasteiger partial charge < -0.3 is 14.9 Å². The molecule has 12 heteroatoms. The molecule has 1 aromatic heterocycles. The van der Waals surface area contributed by atoms with Crippen LogP contribution in [0.5, 0.6) is 0 Å². The first-order chi connectivity index (χ1) is 17.8. The van der Waals surface area contributed by atoms with E-state index >= 15 is 0 Å². The molecule has 2 atom stereocenters. The number of sulfonamides is 1. The Bertz CT molecular complexity index is 1350. The van der Waals surface area contributed by atoms with Crippen molar-refractivity contribution in [2.24, 2.45) is 0 Å². The van der Waals surface area contributed by atoms with Crippen molar-refractivity contribution < 1.29 is 31.5 Å². The minimum absolute atomic E-state index is 0.0683. The van der Waals surface area contributed by atoms with E-state index in [1.54, 1.807) is 46.7 Å². The number of para-hydroxylation sites is 1. The van der Waals surface area contributed by atoms with Crippen molar-refractivity contribution in [2.75, 3.05) is 36.0 Å². The quantitative estimate of drug-likeness (QED) is 0.456. The van der Waals surface area contributed by atoms with Crippen molar-refractivity contribution in [3.8, 4) is 0 Å². The summed E-state index contributed by atoms with van der Waals surface area (Å²) in [4.78, 5) is 16.1. The third kappa shape index (κ3) is 5.58. The van der Waals surface area contributed by atoms with Gasteiger partial charge in [0.15, 0.2) is 5.60 Å². The Morgan fingerprint density at radius 2 is 1.71 bits per heavy atom. The number of alkyl halides is 3. The van der Waals surface area contributed by atoms with Gasteiger partial charge in [-0.2, -0.15) is 17.5 Å². The first kappa shape index (κ1) is 28.1. The van der Waals surface area contributed by atoms with E-state index in [9.17, 15) is 31.5 Å². The highest BCUT2D eigenvalue weighted by molar-refractivity contribution is 7.91. The Morgan fingerprint density at radius 3 is 2.26 bits per heavy atom. The summed E-state index contributed by atoms with van der Waals surface area (Å²) in [6.45, 7) is 2.75. The van der Waals surface area contributed by atoms with Gasteiger partial charge in [0, 0.05) is 44.5 Å². The number of thiophene rings is 1. The van der Waals surface area contributed by atoms with Gasteiger partial charge in [-0.3, -0.25) is 4.79 Å². The number of anilines is 2. The first-order valence-corrected chi connectivity index (χ1v) is 14.2. The molecule has 1 N–H and O–H groups in total. The molecular formula is C26H28F3N3O4S2. The van der Waals surface area contributed by atoms with E-state index < -0.39 is 27.8 Å². The molecule has 0 radical (unpaired) electrons. The third-order valence-electron chi connectivity index (χ3n) is 6.69. The van der Waals surface area contributed by atoms with Crippen LogP contribution in [0.3, 0.4) is 0 Å². The molecular weight excluding hydrogens is 539 g/mol. The van der Waals surface area contributed by atoms with Gasteiger partial charge in [-0.15, -0.1) is 11.3 Å². The summed E-state index contributed by atoms with van der Waals surface area (Å²) in [6, 6.07) is 17.1. The number of hydrogen-bond acceptors (Lipinski definition) is 6. The van der Waals surface area contributed by atoms with Gasteiger partial charge in [0.05, 0.1) is 6.04 Å². The maximum Gasteiger partial charge on any atom is 0.421 e. The summed E-state index contributed by atoms with van der Waals surface area (Å²) < 4.78 is 68.1. The lowest BCUT2D eigenvalue weighted by Crippen LogP contribution is -2.58. The van der Waals surface area contributed by atoms with Crippen LogP contribution in [0.4, 0.5) is 24.5 Å². The van der Waals surface area contributed by atoms with Crippen LogP contribution in [-0.4, -0.2) is 62.1 Å². The SMILES string of the molecule is CC(=O)N(CC1CN(S(=O)(=O)c2cccs2)CCN1c1ccc(C(C)(O)C(F)(F)F)cc1)c1ccccc1. The van der Waals surface area contributed by atoms with E-state index in [1.807, 2.05) is 11.0 Å². The predicted octanol–water partition coefficient (Wildman–Crippen LogP) is 4.45. The number of amides is 1. The Labute approximate surface area is 223 Å². The van der Waals surface area contributed by atoms with Crippen LogP contribution in [-0.2, 0) is 20.4 Å². The maximum absolute atomic E-state index is 13.3. The number of carbonyl (C=O) groups excluding carboxylic acids is 1. The normalized spacial score (nSPS) is 18.7. The summed E-state index contributed by atoms with van der Waals surface area (Å²) in [5.74, 6) is -0.231. The number of benzene rings is 2. The zero-order valence-corrected chi connectivity index (χ0v) is 22.4. The molecule has 0 bridgehead atoms. The van der Waals surface area contributed by atoms with E-state index in [0.29, 0.717) is 18.3 Å². The largest absolute Gasteiger partial charge is 0.421 e. The van der Waals surface area contributed by atoms with Crippen molar-refractivity contribution in [2.45, 2.75) is 35.9 Å². The molecule has 38 heavy (non-hydrogen) atoms. The van der Waals surface area contributed by atoms with Gasteiger partial charge in [-0.05, 0) is 48.2 Å². The summed E-state index contributed by atoms with van der Waals surface area (Å²) >= 11 is 1.12. The number of aliphatic hydroxyl groups is 1. The average molecular weight is 568 g/mol. The van der Waals surface area contributed by atoms with E-state index in [0.717, 1.165) is 11.3 Å². The van der Waals surface area contributed by atoms with Gasteiger partial charge in [0.1, 0.15) is 4.21 Å². The second-order valence-electron chi connectivity index (χ2n) is 9.22. The maximum atomic E-state index is 13.3. The standard InChI is InChI=1S/C26H28F3N3O4S2/c1-19(33)32(21-7-4-3-5-8-21)18-23-17-30(38(35,36)24-9-6-16-37-24)14-15-31(23)22-12-10-20(11-13-22)25(2,34)26(27,28)29/h3-13,16,23,34H,14-15,17-18H2,1-2H3. The third-order valence-corrected chi connectivity index (χ3v) is 9.93. The fraction of sp³-hybridized carbons (Fsp3) is 0.346. The molecule has 1 fully saturated rings. The molecule has 1 aliphatic heterocycles. The lowest BCUT2D eigenvalue weighted by molar-refractivity contribution is -0.258. The Morgan fingerprint density at radius 1 is 1.05 bits per heavy atom. The number of carbonyl (C=O) groups is 1. The molecule has 4 rings (SSSR count). The first-order valence-electron chi connectivity index (χ1n) is 11.9. The van der Waals surface area contributed by atoms with Crippen LogP contribution in [0.2, 0.25) is 0 Å². The molecule has 0 spiro atoms. The van der Waals surface area contributed by atoms with Gasteiger partial charge in [0.2, 0.25) is 5.91 Å². The van der Waals surface area contributed by atoms with E-state index in [1.165, 1.54) is 35.5 Å². The summed E-state index contributed by atoms with van der Waals surface area (Å²) in [7, 11) is -3.76. The highest BCUT2D eigenvalue weighted by atomic mass is 32.2. The van der Waals surface area contributed by atoms with Crippen molar-refractivity contribution in [3.05, 3.63) is 77.7 Å². The van der Waals surface area contributed by atoms with Gasteiger partial charge in [-0.25, -0.2) is 8.42 Å². The molecule has 7 nitrogen and oxygen atoms in total. The fourth-order valence-corrected chi connectivity index (χ4v) is 7.07. The number of nitrogens with zero attached hydrogens (tertiary/aromatic N) is 3. The fourth-order valence-electron chi connectivity index (χ4n) is 4.45. The van der Waals surface area contributed by atoms with Crippen LogP contribution in [0.25, 0.3) is 0 Å². The molecule has 1 aliphatic rings. The molecule has 0 saturated carbocycles. The summed E-state index contributed by atoms with van der Waals surface area (Å²) in [5, 5.41) is 11.7. The van der Waals surface area contributed by atoms with Crippen molar-refractivity contribution >= 4 is 38.6 Å². The molecule has 0 aliphatic carbocycles. The van der Waals surface area contributed by atoms with Crippen molar-refractivity contribution in [1.82, 2.24) is 4.31 Å². The molecule has 2 heterocycles. The highest BCUT2D eigenvalue weighted by Gasteiger charge is 2.51. The van der Waals surface area contributed by atoms with Crippen molar-refractivity contribution in [1.29, 1.82) is 0 Å². The van der Waals surface area contributed by atoms with Crippen LogP contribution < -0.4 is 9.80 Å². The van der Waals surface area contributed by atoms with Crippen LogP contribution >= 0.6 is 11.3 Å². The predicted molar refractivity (Wildman–Crippen MR) is 141 cm³/mol. The second kappa shape index (κ2) is 10.7. The molecule has 1 saturated heterocycles. The topological polar surface area (TPSA) is 81.2 Å². The van der Waals surface area contributed by atoms with Crippen molar-refractivity contribution in [3.63, 3.8) is 0 Å². The van der Waals surface area contributed by atoms with Crippen LogP contribution in [0.15, 0.2) is 76.3 Å². The summed E-state index contributed by atoms with van der Waals surface area (Å²) in [5.41, 5.74) is -2.12. The highest BCUT2D eigenvalue weighted by Crippen LogP contribution is 2.39. The number of rotatable bonds is 7. The smallest absolute Gasteiger partial charge is 0.376 e. The van der Waals surface area contributed by atoms with Crippen LogP contribution in [0, 0.1) is 0 Å². The zero-order valence-electron chi connectivity index (χ0n) is 20.8. The number of hydrogen-bond donors (Lipinski definition) is 1. The molecule has 1 amide bonds. The second-order valence-corrected chi connectivity index (χ2v) is 12.3. The summed E-state index contributed by atoms with van der Waals surface area (Å²) in [6.07, 6.45) is -4.85. The Balaban J connectivity index is 1.67. The van der Waals surface area contributed by atoms with Gasteiger partial charge >= 0.3 is 6.18 Å². The van der Waals surface area contributed by atoms with E-state index in [4.69, 9.17) is 0 Å². The minimum atomic E-state index is -4.85. The molecule has 204 valence electrons. The number of piperazine rings is 1. The Hall–Kier alpha value is -2.93. The van der Waals surface area contributed by atoms with E-state index in [-0.39, 0.29) is 41.9 Å². The lowest BCUT2D eigenvalue weighted by Gasteiger charge is -2.44. The monoisotopic (exact) mass is 567 g/mol. The zero-order chi connectivity index (χ0) is 27.7. The lowest BCUT2D eigenvalue weighted by atomic mass is 9.95. The van der Waals surface area contributed by atoms with Gasteiger partial charge in [0.25, 0.3) is 10.0 Å². The van der Waals surface area contributed by atoms with E-state index in [2.05, 4.69) is 0 Å².